The van der Waals surface area contributed by atoms with Crippen LogP contribution >= 0.6 is 11.6 Å². The Morgan fingerprint density at radius 3 is 2.18 bits per heavy atom. The van der Waals surface area contributed by atoms with Gasteiger partial charge in [-0.1, -0.05) is 17.7 Å². The van der Waals surface area contributed by atoms with E-state index in [0.29, 0.717) is 16.3 Å². The van der Waals surface area contributed by atoms with Gasteiger partial charge in [-0.05, 0) is 61.7 Å². The maximum absolute atomic E-state index is 13.0. The Labute approximate surface area is 171 Å². The Kier molecular flexibility index (Phi) is 6.05. The summed E-state index contributed by atoms with van der Waals surface area (Å²) < 4.78 is 58.1. The van der Waals surface area contributed by atoms with E-state index in [1.54, 1.807) is 31.2 Å². The highest BCUT2D eigenvalue weighted by Crippen LogP contribution is 2.30. The zero-order chi connectivity index (χ0) is 20.5. The van der Waals surface area contributed by atoms with Crippen molar-refractivity contribution in [3.63, 3.8) is 0 Å². The summed E-state index contributed by atoms with van der Waals surface area (Å²) in [6.45, 7) is 2.01. The highest BCUT2D eigenvalue weighted by molar-refractivity contribution is 7.92. The molecular formula is C19H22ClNO5S2. The minimum atomic E-state index is -3.72. The lowest BCUT2D eigenvalue weighted by Gasteiger charge is -2.31. The van der Waals surface area contributed by atoms with Gasteiger partial charge in [-0.2, -0.15) is 4.31 Å². The van der Waals surface area contributed by atoms with Gasteiger partial charge in [-0.15, -0.1) is 0 Å². The van der Waals surface area contributed by atoms with Crippen LogP contribution in [0.1, 0.15) is 18.4 Å². The fraction of sp³-hybridized carbons (Fsp3) is 0.368. The molecule has 1 aliphatic rings. The number of aryl methyl sites for hydroxylation is 1. The molecule has 0 amide bonds. The van der Waals surface area contributed by atoms with Gasteiger partial charge >= 0.3 is 0 Å². The Bertz CT molecular complexity index is 1060. The molecule has 0 N–H and O–H groups in total. The summed E-state index contributed by atoms with van der Waals surface area (Å²) in [4.78, 5) is 0.386. The molecule has 2 aromatic carbocycles. The number of hydrogen-bond acceptors (Lipinski definition) is 5. The van der Waals surface area contributed by atoms with Crippen molar-refractivity contribution in [2.45, 2.75) is 34.8 Å². The molecule has 0 atom stereocenters. The largest absolute Gasteiger partial charge is 0.497 e. The van der Waals surface area contributed by atoms with Gasteiger partial charge in [0.2, 0.25) is 10.0 Å². The number of sulfone groups is 1. The van der Waals surface area contributed by atoms with Gasteiger partial charge in [0.15, 0.2) is 9.84 Å². The molecule has 0 radical (unpaired) electrons. The minimum Gasteiger partial charge on any atom is -0.497 e. The lowest BCUT2D eigenvalue weighted by atomic mass is 10.2. The molecule has 2 aromatic rings. The van der Waals surface area contributed by atoms with Crippen molar-refractivity contribution in [2.75, 3.05) is 20.2 Å². The van der Waals surface area contributed by atoms with Crippen molar-refractivity contribution < 1.29 is 21.6 Å². The first kappa shape index (κ1) is 21.1. The molecule has 0 bridgehead atoms. The van der Waals surface area contributed by atoms with Crippen molar-refractivity contribution in [3.05, 3.63) is 53.1 Å². The first-order valence-corrected chi connectivity index (χ1v) is 12.2. The van der Waals surface area contributed by atoms with Gasteiger partial charge in [0.05, 0.1) is 22.2 Å². The lowest BCUT2D eigenvalue weighted by Crippen LogP contribution is -2.42. The molecule has 6 nitrogen and oxygen atoms in total. The van der Waals surface area contributed by atoms with E-state index in [0.717, 1.165) is 0 Å². The smallest absolute Gasteiger partial charge is 0.243 e. The summed E-state index contributed by atoms with van der Waals surface area (Å²) in [5.74, 6) is 0.580. The average molecular weight is 444 g/mol. The molecule has 0 aromatic heterocycles. The fourth-order valence-corrected chi connectivity index (χ4v) is 7.02. The topological polar surface area (TPSA) is 80.8 Å². The Morgan fingerprint density at radius 1 is 1.00 bits per heavy atom. The number of hydrogen-bond donors (Lipinski definition) is 0. The van der Waals surface area contributed by atoms with Crippen molar-refractivity contribution in [1.82, 2.24) is 4.31 Å². The quantitative estimate of drug-likeness (QED) is 0.708. The summed E-state index contributed by atoms with van der Waals surface area (Å²) in [5.41, 5.74) is 0.609. The normalized spacial score (nSPS) is 16.8. The first-order chi connectivity index (χ1) is 13.2. The van der Waals surface area contributed by atoms with E-state index >= 15 is 0 Å². The molecule has 1 aliphatic heterocycles. The SMILES string of the molecule is COc1ccc(S(=O)(=O)C2CCN(S(=O)(=O)c3cc(Cl)ccc3C)CC2)cc1. The Hall–Kier alpha value is -1.61. The van der Waals surface area contributed by atoms with Crippen molar-refractivity contribution >= 4 is 31.5 Å². The molecule has 1 fully saturated rings. The summed E-state index contributed by atoms with van der Waals surface area (Å²) in [6.07, 6.45) is 0.487. The number of sulfonamides is 1. The second kappa shape index (κ2) is 8.02. The molecule has 0 aliphatic carbocycles. The Balaban J connectivity index is 1.77. The molecule has 0 saturated carbocycles. The number of nitrogens with zero attached hydrogens (tertiary/aromatic N) is 1. The van der Waals surface area contributed by atoms with Crippen molar-refractivity contribution in [2.24, 2.45) is 0 Å². The van der Waals surface area contributed by atoms with E-state index in [1.807, 2.05) is 0 Å². The maximum atomic E-state index is 13.0. The number of halogens is 1. The van der Waals surface area contributed by atoms with E-state index in [2.05, 4.69) is 0 Å². The van der Waals surface area contributed by atoms with E-state index in [9.17, 15) is 16.8 Å². The molecule has 1 heterocycles. The second-order valence-electron chi connectivity index (χ2n) is 6.73. The van der Waals surface area contributed by atoms with Crippen LogP contribution in [-0.2, 0) is 19.9 Å². The lowest BCUT2D eigenvalue weighted by molar-refractivity contribution is 0.345. The molecule has 0 unspecified atom stereocenters. The number of rotatable bonds is 5. The van der Waals surface area contributed by atoms with Crippen LogP contribution in [0.25, 0.3) is 0 Å². The van der Waals surface area contributed by atoms with Crippen LogP contribution in [0, 0.1) is 6.92 Å². The third kappa shape index (κ3) is 4.05. The minimum absolute atomic E-state index is 0.147. The summed E-state index contributed by atoms with van der Waals surface area (Å²) >= 11 is 5.96. The molecular weight excluding hydrogens is 422 g/mol. The van der Waals surface area contributed by atoms with Gasteiger partial charge in [0, 0.05) is 18.1 Å². The highest BCUT2D eigenvalue weighted by Gasteiger charge is 2.36. The van der Waals surface area contributed by atoms with Gasteiger partial charge in [0.25, 0.3) is 0 Å². The molecule has 152 valence electrons. The average Bonchev–Trinajstić information content (AvgIpc) is 2.70. The second-order valence-corrected chi connectivity index (χ2v) is 11.3. The van der Waals surface area contributed by atoms with Gasteiger partial charge < -0.3 is 4.74 Å². The van der Waals surface area contributed by atoms with Crippen LogP contribution in [0.5, 0.6) is 5.75 Å². The van der Waals surface area contributed by atoms with E-state index in [-0.39, 0.29) is 35.7 Å². The number of piperidine rings is 1. The zero-order valence-corrected chi connectivity index (χ0v) is 18.0. The predicted molar refractivity (Wildman–Crippen MR) is 108 cm³/mol. The zero-order valence-electron chi connectivity index (χ0n) is 15.6. The van der Waals surface area contributed by atoms with E-state index in [4.69, 9.17) is 16.3 Å². The van der Waals surface area contributed by atoms with E-state index in [1.165, 1.54) is 29.6 Å². The first-order valence-electron chi connectivity index (χ1n) is 8.80. The highest BCUT2D eigenvalue weighted by atomic mass is 35.5. The molecule has 3 rings (SSSR count). The number of ether oxygens (including phenoxy) is 1. The molecule has 28 heavy (non-hydrogen) atoms. The van der Waals surface area contributed by atoms with Crippen LogP contribution in [0.3, 0.4) is 0 Å². The fourth-order valence-electron chi connectivity index (χ4n) is 3.33. The summed E-state index contributed by atoms with van der Waals surface area (Å²) in [7, 11) is -5.74. The van der Waals surface area contributed by atoms with Gasteiger partial charge in [0.1, 0.15) is 5.75 Å². The molecule has 0 spiro atoms. The van der Waals surface area contributed by atoms with Gasteiger partial charge in [-0.3, -0.25) is 0 Å². The number of benzene rings is 2. The van der Waals surface area contributed by atoms with Crippen LogP contribution in [0.2, 0.25) is 5.02 Å². The van der Waals surface area contributed by atoms with Gasteiger partial charge in [-0.25, -0.2) is 16.8 Å². The maximum Gasteiger partial charge on any atom is 0.243 e. The molecule has 1 saturated heterocycles. The van der Waals surface area contributed by atoms with E-state index < -0.39 is 25.1 Å². The van der Waals surface area contributed by atoms with Crippen LogP contribution in [0.15, 0.2) is 52.3 Å². The molecule has 9 heteroatoms. The van der Waals surface area contributed by atoms with Crippen molar-refractivity contribution in [1.29, 1.82) is 0 Å². The third-order valence-corrected chi connectivity index (χ3v) is 9.55. The standard InChI is InChI=1S/C19H22ClNO5S2/c1-14-3-4-15(20)13-19(14)28(24,25)21-11-9-18(10-12-21)27(22,23)17-7-5-16(26-2)6-8-17/h3-8,13,18H,9-12H2,1-2H3. The van der Waals surface area contributed by atoms with Crippen LogP contribution in [0.4, 0.5) is 0 Å². The monoisotopic (exact) mass is 443 g/mol. The van der Waals surface area contributed by atoms with Crippen LogP contribution < -0.4 is 4.74 Å². The predicted octanol–water partition coefficient (Wildman–Crippen LogP) is 3.28. The third-order valence-electron chi connectivity index (χ3n) is 5.00. The number of methoxy groups -OCH3 is 1. The Morgan fingerprint density at radius 2 is 1.61 bits per heavy atom. The summed E-state index contributed by atoms with van der Waals surface area (Å²) in [5, 5.41) is -0.269. The van der Waals surface area contributed by atoms with Crippen molar-refractivity contribution in [3.8, 4) is 5.75 Å². The van der Waals surface area contributed by atoms with Crippen LogP contribution in [-0.4, -0.2) is 46.6 Å². The summed E-state index contributed by atoms with van der Waals surface area (Å²) in [6, 6.07) is 11.0.